The van der Waals surface area contributed by atoms with Crippen LogP contribution in [0.3, 0.4) is 0 Å². The minimum absolute atomic E-state index is 0.00243. The molecule has 0 saturated carbocycles. The molecule has 1 N–H and O–H groups in total. The van der Waals surface area contributed by atoms with Crippen molar-refractivity contribution in [2.75, 3.05) is 0 Å². The highest BCUT2D eigenvalue weighted by Crippen LogP contribution is 2.42. The molecular weight excluding hydrogens is 324 g/mol. The molecule has 116 valence electrons. The number of aromatic nitrogens is 2. The predicted octanol–water partition coefficient (Wildman–Crippen LogP) is 2.04. The first kappa shape index (κ1) is 14.4. The van der Waals surface area contributed by atoms with Gasteiger partial charge in [-0.25, -0.2) is 13.1 Å². The molecule has 24 heavy (non-hydrogen) atoms. The maximum atomic E-state index is 12.8. The molecule has 0 atom stereocenters. The zero-order valence-electron chi connectivity index (χ0n) is 12.3. The fourth-order valence-electron chi connectivity index (χ4n) is 2.84. The van der Waals surface area contributed by atoms with Crippen LogP contribution in [0.1, 0.15) is 5.56 Å². The number of rotatable bonds is 1. The van der Waals surface area contributed by atoms with E-state index in [4.69, 9.17) is 5.41 Å². The van der Waals surface area contributed by atoms with E-state index in [0.29, 0.717) is 11.3 Å². The maximum Gasteiger partial charge on any atom is 0.226 e. The number of nitrogens with one attached hydrogen (secondary N) is 1. The van der Waals surface area contributed by atoms with Gasteiger partial charge in [0.05, 0.1) is 10.6 Å². The summed E-state index contributed by atoms with van der Waals surface area (Å²) < 4.78 is 26.8. The predicted molar refractivity (Wildman–Crippen MR) is 85.0 cm³/mol. The molecule has 0 radical (unpaired) electrons. The van der Waals surface area contributed by atoms with E-state index < -0.39 is 9.84 Å². The third-order valence-corrected chi connectivity index (χ3v) is 5.65. The fraction of sp³-hybridized carbons (Fsp3) is 0. The lowest BCUT2D eigenvalue weighted by molar-refractivity contribution is 0.589. The second kappa shape index (κ2) is 4.88. The Balaban J connectivity index is 2.18. The van der Waals surface area contributed by atoms with E-state index in [1.54, 1.807) is 48.5 Å². The minimum atomic E-state index is -3.81. The lowest BCUT2D eigenvalue weighted by Crippen LogP contribution is -2.26. The van der Waals surface area contributed by atoms with Gasteiger partial charge in [0.1, 0.15) is 11.6 Å². The number of fused-ring (bicyclic) bond motifs is 3. The first-order valence-electron chi connectivity index (χ1n) is 7.07. The highest BCUT2D eigenvalue weighted by Gasteiger charge is 2.37. The third kappa shape index (κ3) is 1.77. The van der Waals surface area contributed by atoms with E-state index in [-0.39, 0.29) is 26.5 Å². The van der Waals surface area contributed by atoms with Gasteiger partial charge >= 0.3 is 0 Å². The van der Waals surface area contributed by atoms with Gasteiger partial charge in [0.2, 0.25) is 9.84 Å². The van der Waals surface area contributed by atoms with Crippen molar-refractivity contribution >= 4 is 9.84 Å². The Kier molecular flexibility index (Phi) is 2.92. The minimum Gasteiger partial charge on any atom is -0.282 e. The summed E-state index contributed by atoms with van der Waals surface area (Å²) in [4.78, 5) is 0.120. The monoisotopic (exact) mass is 334 g/mol. The van der Waals surface area contributed by atoms with E-state index in [2.05, 4.69) is 5.10 Å². The van der Waals surface area contributed by atoms with Gasteiger partial charge in [-0.2, -0.15) is 10.4 Å². The van der Waals surface area contributed by atoms with Crippen molar-refractivity contribution < 1.29 is 8.42 Å². The Bertz CT molecular complexity index is 1190. The summed E-state index contributed by atoms with van der Waals surface area (Å²) in [6.45, 7) is 0. The molecule has 0 bridgehead atoms. The van der Waals surface area contributed by atoms with Crippen LogP contribution in [0.4, 0.5) is 0 Å². The molecule has 1 aliphatic heterocycles. The second-order valence-corrected chi connectivity index (χ2v) is 7.10. The molecule has 6 nitrogen and oxygen atoms in total. The zero-order valence-corrected chi connectivity index (χ0v) is 13.1. The summed E-state index contributed by atoms with van der Waals surface area (Å²) in [7, 11) is -3.81. The van der Waals surface area contributed by atoms with Crippen LogP contribution in [0.25, 0.3) is 16.8 Å². The number of benzene rings is 2. The second-order valence-electron chi connectivity index (χ2n) is 5.26. The number of nitriles is 1. The van der Waals surface area contributed by atoms with Gasteiger partial charge in [-0.15, -0.1) is 0 Å². The largest absolute Gasteiger partial charge is 0.282 e. The van der Waals surface area contributed by atoms with E-state index in [0.717, 1.165) is 0 Å². The average molecular weight is 334 g/mol. The van der Waals surface area contributed by atoms with Crippen molar-refractivity contribution in [3.8, 4) is 22.9 Å². The summed E-state index contributed by atoms with van der Waals surface area (Å²) in [5.41, 5.74) is 1.01. The first-order valence-corrected chi connectivity index (χ1v) is 8.56. The van der Waals surface area contributed by atoms with E-state index in [1.165, 1.54) is 10.7 Å². The quantitative estimate of drug-likeness (QED) is 0.575. The first-order chi connectivity index (χ1) is 11.6. The molecule has 2 heterocycles. The molecule has 0 unspecified atom stereocenters. The topological polar surface area (TPSA) is 99.6 Å². The van der Waals surface area contributed by atoms with Gasteiger partial charge < -0.3 is 0 Å². The van der Waals surface area contributed by atoms with Crippen LogP contribution in [0.5, 0.6) is 0 Å². The highest BCUT2D eigenvalue weighted by atomic mass is 32.2. The molecule has 2 aromatic carbocycles. The summed E-state index contributed by atoms with van der Waals surface area (Å²) in [5.74, 6) is 0. The molecule has 1 aromatic heterocycles. The van der Waals surface area contributed by atoms with Gasteiger partial charge in [-0.3, -0.25) is 5.41 Å². The number of sulfone groups is 1. The Morgan fingerprint density at radius 3 is 2.42 bits per heavy atom. The summed E-state index contributed by atoms with van der Waals surface area (Å²) in [6.07, 6.45) is 0. The average Bonchev–Trinajstić information content (AvgIpc) is 2.83. The molecule has 4 rings (SSSR count). The van der Waals surface area contributed by atoms with Crippen LogP contribution < -0.4 is 5.49 Å². The maximum absolute atomic E-state index is 12.8. The van der Waals surface area contributed by atoms with Crippen LogP contribution in [-0.4, -0.2) is 18.2 Å². The summed E-state index contributed by atoms with van der Waals surface area (Å²) >= 11 is 0. The van der Waals surface area contributed by atoms with Gasteiger partial charge in [0.15, 0.2) is 10.5 Å². The molecule has 0 fully saturated rings. The van der Waals surface area contributed by atoms with Gasteiger partial charge in [-0.05, 0) is 18.2 Å². The normalized spacial score (nSPS) is 13.8. The lowest BCUT2D eigenvalue weighted by atomic mass is 10.0. The fourth-order valence-corrected chi connectivity index (χ4v) is 4.43. The Morgan fingerprint density at radius 1 is 1.04 bits per heavy atom. The molecule has 0 saturated heterocycles. The molecule has 0 amide bonds. The van der Waals surface area contributed by atoms with Gasteiger partial charge in [0.25, 0.3) is 0 Å². The van der Waals surface area contributed by atoms with Crippen LogP contribution in [0.15, 0.2) is 64.5 Å². The van der Waals surface area contributed by atoms with Crippen LogP contribution in [-0.2, 0) is 9.84 Å². The van der Waals surface area contributed by atoms with E-state index >= 15 is 0 Å². The van der Waals surface area contributed by atoms with Gasteiger partial charge in [-0.1, -0.05) is 36.4 Å². The van der Waals surface area contributed by atoms with E-state index in [9.17, 15) is 13.7 Å². The van der Waals surface area contributed by atoms with Crippen molar-refractivity contribution in [2.45, 2.75) is 9.92 Å². The summed E-state index contributed by atoms with van der Waals surface area (Å²) in [5, 5.41) is 21.9. The van der Waals surface area contributed by atoms with Crippen LogP contribution >= 0.6 is 0 Å². The summed E-state index contributed by atoms with van der Waals surface area (Å²) in [6, 6.07) is 17.1. The molecule has 0 aliphatic carbocycles. The van der Waals surface area contributed by atoms with E-state index in [1.807, 2.05) is 6.07 Å². The SMILES string of the molecule is N#Cc1c2c(nn(-c3ccccc3)c1=N)S(=O)(=O)c1ccccc1-2. The third-order valence-electron chi connectivity index (χ3n) is 3.92. The molecule has 0 spiro atoms. The van der Waals surface area contributed by atoms with Crippen molar-refractivity contribution in [1.29, 1.82) is 10.7 Å². The van der Waals surface area contributed by atoms with Crippen molar-refractivity contribution in [1.82, 2.24) is 9.78 Å². The molecule has 7 heteroatoms. The van der Waals surface area contributed by atoms with Crippen LogP contribution in [0, 0.1) is 16.7 Å². The molecule has 3 aromatic rings. The Labute approximate surface area is 137 Å². The van der Waals surface area contributed by atoms with Gasteiger partial charge in [0, 0.05) is 11.1 Å². The smallest absolute Gasteiger partial charge is 0.226 e. The highest BCUT2D eigenvalue weighted by molar-refractivity contribution is 7.92. The van der Waals surface area contributed by atoms with Crippen LogP contribution in [0.2, 0.25) is 0 Å². The molecule has 1 aliphatic rings. The number of para-hydroxylation sites is 1. The Morgan fingerprint density at radius 2 is 1.71 bits per heavy atom. The zero-order chi connectivity index (χ0) is 16.9. The molecular formula is C17H10N4O2S. The standard InChI is InChI=1S/C17H10N4O2S/c18-10-13-15-12-8-4-5-9-14(12)24(22,23)17(15)20-21(16(13)19)11-6-2-1-3-7-11/h1-9,19H. The van der Waals surface area contributed by atoms with Crippen molar-refractivity contribution in [3.05, 3.63) is 65.6 Å². The number of hydrogen-bond donors (Lipinski definition) is 1. The van der Waals surface area contributed by atoms with Crippen molar-refractivity contribution in [3.63, 3.8) is 0 Å². The Hall–Kier alpha value is -3.24. The lowest BCUT2D eigenvalue weighted by Gasteiger charge is -2.09. The number of nitrogens with zero attached hydrogens (tertiary/aromatic N) is 3. The van der Waals surface area contributed by atoms with Crippen molar-refractivity contribution in [2.24, 2.45) is 0 Å². The number of hydrogen-bond acceptors (Lipinski definition) is 5.